The molecule has 0 heterocycles. The van der Waals surface area contributed by atoms with Gasteiger partial charge in [-0.15, -0.1) is 11.6 Å². The van der Waals surface area contributed by atoms with Gasteiger partial charge in [-0.1, -0.05) is 36.4 Å². The average Bonchev–Trinajstić information content (AvgIpc) is 2.44. The molecule has 2 aromatic rings. The van der Waals surface area contributed by atoms with Crippen molar-refractivity contribution in [2.24, 2.45) is 0 Å². The van der Waals surface area contributed by atoms with Crippen molar-refractivity contribution >= 4 is 11.6 Å². The van der Waals surface area contributed by atoms with Gasteiger partial charge in [-0.2, -0.15) is 13.2 Å². The maximum Gasteiger partial charge on any atom is 0.419 e. The van der Waals surface area contributed by atoms with E-state index in [9.17, 15) is 17.6 Å². The minimum atomic E-state index is -4.67. The van der Waals surface area contributed by atoms with Gasteiger partial charge in [0.1, 0.15) is 5.82 Å². The maximum atomic E-state index is 13.4. The standard InChI is InChI=1S/C16H13ClF4/c17-14(12-4-2-1-3-5-12)9-7-11-6-8-13(15(18)10-11)16(19,20)21/h1-6,8,10,14H,7,9H2. The van der Waals surface area contributed by atoms with Gasteiger partial charge in [0.15, 0.2) is 0 Å². The summed E-state index contributed by atoms with van der Waals surface area (Å²) >= 11 is 6.23. The first-order valence-corrected chi connectivity index (χ1v) is 6.86. The highest BCUT2D eigenvalue weighted by Gasteiger charge is 2.33. The first-order valence-electron chi connectivity index (χ1n) is 6.42. The van der Waals surface area contributed by atoms with E-state index in [1.807, 2.05) is 30.3 Å². The summed E-state index contributed by atoms with van der Waals surface area (Å²) in [5.74, 6) is -1.24. The summed E-state index contributed by atoms with van der Waals surface area (Å²) in [4.78, 5) is 0. The Bertz CT molecular complexity index is 593. The predicted molar refractivity (Wildman–Crippen MR) is 74.8 cm³/mol. The lowest BCUT2D eigenvalue weighted by molar-refractivity contribution is -0.140. The molecule has 0 saturated heterocycles. The van der Waals surface area contributed by atoms with Crippen LogP contribution in [0.4, 0.5) is 17.6 Å². The Balaban J connectivity index is 2.03. The average molecular weight is 317 g/mol. The molecule has 0 saturated carbocycles. The fourth-order valence-electron chi connectivity index (χ4n) is 2.07. The third-order valence-corrected chi connectivity index (χ3v) is 3.66. The summed E-state index contributed by atoms with van der Waals surface area (Å²) in [6, 6.07) is 12.4. The van der Waals surface area contributed by atoms with Crippen molar-refractivity contribution in [3.63, 3.8) is 0 Å². The molecule has 0 radical (unpaired) electrons. The number of alkyl halides is 4. The van der Waals surface area contributed by atoms with Gasteiger partial charge in [0.05, 0.1) is 10.9 Å². The first-order chi connectivity index (χ1) is 9.88. The van der Waals surface area contributed by atoms with Crippen LogP contribution >= 0.6 is 11.6 Å². The third kappa shape index (κ3) is 4.21. The predicted octanol–water partition coefficient (Wildman–Crippen LogP) is 5.76. The van der Waals surface area contributed by atoms with Crippen molar-refractivity contribution in [1.82, 2.24) is 0 Å². The zero-order valence-electron chi connectivity index (χ0n) is 11.0. The minimum Gasteiger partial charge on any atom is -0.206 e. The van der Waals surface area contributed by atoms with Gasteiger partial charge in [-0.25, -0.2) is 4.39 Å². The molecule has 1 unspecified atom stereocenters. The first kappa shape index (κ1) is 15.8. The fourth-order valence-corrected chi connectivity index (χ4v) is 2.32. The van der Waals surface area contributed by atoms with Crippen LogP contribution in [0.2, 0.25) is 0 Å². The zero-order chi connectivity index (χ0) is 15.5. The molecule has 21 heavy (non-hydrogen) atoms. The molecule has 0 nitrogen and oxygen atoms in total. The summed E-state index contributed by atoms with van der Waals surface area (Å²) in [6.07, 6.45) is -3.73. The normalized spacial score (nSPS) is 13.2. The molecular weight excluding hydrogens is 304 g/mol. The number of hydrogen-bond acceptors (Lipinski definition) is 0. The largest absolute Gasteiger partial charge is 0.419 e. The van der Waals surface area contributed by atoms with E-state index >= 15 is 0 Å². The smallest absolute Gasteiger partial charge is 0.206 e. The van der Waals surface area contributed by atoms with Crippen molar-refractivity contribution in [2.75, 3.05) is 0 Å². The van der Waals surface area contributed by atoms with Gasteiger partial charge in [0.2, 0.25) is 0 Å². The lowest BCUT2D eigenvalue weighted by atomic mass is 10.0. The van der Waals surface area contributed by atoms with Crippen molar-refractivity contribution in [1.29, 1.82) is 0 Å². The summed E-state index contributed by atoms with van der Waals surface area (Å²) in [6.45, 7) is 0. The molecule has 0 amide bonds. The van der Waals surface area contributed by atoms with Crippen molar-refractivity contribution < 1.29 is 17.6 Å². The van der Waals surface area contributed by atoms with Crippen LogP contribution in [0.25, 0.3) is 0 Å². The lowest BCUT2D eigenvalue weighted by Crippen LogP contribution is -2.08. The second-order valence-electron chi connectivity index (χ2n) is 4.73. The number of benzene rings is 2. The van der Waals surface area contributed by atoms with Crippen molar-refractivity contribution in [2.45, 2.75) is 24.4 Å². The highest BCUT2D eigenvalue weighted by Crippen LogP contribution is 2.32. The molecule has 0 aliphatic heterocycles. The van der Waals surface area contributed by atoms with Gasteiger partial charge in [0.25, 0.3) is 0 Å². The van der Waals surface area contributed by atoms with Gasteiger partial charge < -0.3 is 0 Å². The topological polar surface area (TPSA) is 0 Å². The zero-order valence-corrected chi connectivity index (χ0v) is 11.8. The van der Waals surface area contributed by atoms with Gasteiger partial charge in [-0.05, 0) is 36.1 Å². The molecule has 5 heteroatoms. The summed E-state index contributed by atoms with van der Waals surface area (Å²) < 4.78 is 50.8. The van der Waals surface area contributed by atoms with Gasteiger partial charge in [-0.3, -0.25) is 0 Å². The fraction of sp³-hybridized carbons (Fsp3) is 0.250. The van der Waals surface area contributed by atoms with E-state index in [-0.39, 0.29) is 5.38 Å². The highest BCUT2D eigenvalue weighted by atomic mass is 35.5. The monoisotopic (exact) mass is 316 g/mol. The Hall–Kier alpha value is -1.55. The van der Waals surface area contributed by atoms with Crippen LogP contribution in [0.5, 0.6) is 0 Å². The Morgan fingerprint density at radius 1 is 1.00 bits per heavy atom. The number of halogens is 5. The van der Waals surface area contributed by atoms with Crippen LogP contribution in [-0.4, -0.2) is 0 Å². The molecule has 0 aliphatic carbocycles. The molecule has 0 aliphatic rings. The quantitative estimate of drug-likeness (QED) is 0.497. The molecule has 112 valence electrons. The Labute approximate surface area is 125 Å². The maximum absolute atomic E-state index is 13.4. The number of aryl methyl sites for hydroxylation is 1. The number of hydrogen-bond donors (Lipinski definition) is 0. The molecule has 0 N–H and O–H groups in total. The van der Waals surface area contributed by atoms with Crippen LogP contribution < -0.4 is 0 Å². The van der Waals surface area contributed by atoms with E-state index in [1.165, 1.54) is 6.07 Å². The Kier molecular flexibility index (Phi) is 4.88. The van der Waals surface area contributed by atoms with E-state index in [0.717, 1.165) is 17.7 Å². The molecule has 0 fully saturated rings. The van der Waals surface area contributed by atoms with Crippen molar-refractivity contribution in [3.05, 3.63) is 71.0 Å². The molecule has 2 aromatic carbocycles. The summed E-state index contributed by atoms with van der Waals surface area (Å²) in [7, 11) is 0. The van der Waals surface area contributed by atoms with E-state index < -0.39 is 17.6 Å². The minimum absolute atomic E-state index is 0.253. The lowest BCUT2D eigenvalue weighted by Gasteiger charge is -2.11. The van der Waals surface area contributed by atoms with E-state index in [4.69, 9.17) is 11.6 Å². The van der Waals surface area contributed by atoms with E-state index in [0.29, 0.717) is 18.4 Å². The molecular formula is C16H13ClF4. The van der Waals surface area contributed by atoms with Crippen LogP contribution in [-0.2, 0) is 12.6 Å². The van der Waals surface area contributed by atoms with Gasteiger partial charge >= 0.3 is 6.18 Å². The summed E-state index contributed by atoms with van der Waals surface area (Å²) in [5.41, 5.74) is 0.199. The van der Waals surface area contributed by atoms with Crippen LogP contribution in [0, 0.1) is 5.82 Å². The van der Waals surface area contributed by atoms with Crippen molar-refractivity contribution in [3.8, 4) is 0 Å². The molecule has 0 bridgehead atoms. The van der Waals surface area contributed by atoms with Crippen LogP contribution in [0.15, 0.2) is 48.5 Å². The second-order valence-corrected chi connectivity index (χ2v) is 5.26. The highest BCUT2D eigenvalue weighted by molar-refractivity contribution is 6.20. The Morgan fingerprint density at radius 2 is 1.67 bits per heavy atom. The molecule has 1 atom stereocenters. The number of rotatable bonds is 4. The third-order valence-electron chi connectivity index (χ3n) is 3.19. The SMILES string of the molecule is Fc1cc(CCC(Cl)c2ccccc2)ccc1C(F)(F)F. The summed E-state index contributed by atoms with van der Waals surface area (Å²) in [5, 5.41) is -0.253. The molecule has 2 rings (SSSR count). The second kappa shape index (κ2) is 6.48. The van der Waals surface area contributed by atoms with Crippen LogP contribution in [0.3, 0.4) is 0 Å². The van der Waals surface area contributed by atoms with Crippen LogP contribution in [0.1, 0.15) is 28.5 Å². The van der Waals surface area contributed by atoms with E-state index in [2.05, 4.69) is 0 Å². The Morgan fingerprint density at radius 3 is 2.24 bits per heavy atom. The van der Waals surface area contributed by atoms with E-state index in [1.54, 1.807) is 0 Å². The molecule has 0 aromatic heterocycles. The van der Waals surface area contributed by atoms with Gasteiger partial charge in [0, 0.05) is 0 Å². The molecule has 0 spiro atoms.